The quantitative estimate of drug-likeness (QED) is 0.790. The zero-order chi connectivity index (χ0) is 15.4. The minimum atomic E-state index is 0.728. The second-order valence-electron chi connectivity index (χ2n) is 6.85. The highest BCUT2D eigenvalue weighted by atomic mass is 15.3. The van der Waals surface area contributed by atoms with Gasteiger partial charge in [-0.05, 0) is 30.8 Å². The number of benzene rings is 1. The first-order valence-corrected chi connectivity index (χ1v) is 8.26. The van der Waals surface area contributed by atoms with E-state index in [0.29, 0.717) is 0 Å². The molecule has 1 N–H and O–H groups in total. The SMILES string of the molecule is CN1C[C@H]2CN(c3cncc(-c4cccc5[nH]ccc45)c3)C[C@@H]21. The molecule has 23 heavy (non-hydrogen) atoms. The van der Waals surface area contributed by atoms with Crippen molar-refractivity contribution in [2.75, 3.05) is 31.6 Å². The fourth-order valence-corrected chi connectivity index (χ4v) is 4.20. The van der Waals surface area contributed by atoms with E-state index in [0.717, 1.165) is 25.0 Å². The Hall–Kier alpha value is -2.33. The van der Waals surface area contributed by atoms with Gasteiger partial charge < -0.3 is 14.8 Å². The highest BCUT2D eigenvalue weighted by molar-refractivity contribution is 5.95. The Morgan fingerprint density at radius 1 is 1.13 bits per heavy atom. The number of hydrogen-bond acceptors (Lipinski definition) is 3. The van der Waals surface area contributed by atoms with E-state index in [9.17, 15) is 0 Å². The van der Waals surface area contributed by atoms with E-state index in [4.69, 9.17) is 0 Å². The number of aromatic amines is 1. The molecular weight excluding hydrogens is 284 g/mol. The van der Waals surface area contributed by atoms with Gasteiger partial charge in [-0.15, -0.1) is 0 Å². The number of nitrogens with zero attached hydrogens (tertiary/aromatic N) is 3. The van der Waals surface area contributed by atoms with Crippen LogP contribution in [0.2, 0.25) is 0 Å². The molecular formula is C19H20N4. The molecule has 0 bridgehead atoms. The molecule has 2 aliphatic heterocycles. The number of likely N-dealkylation sites (N-methyl/N-ethyl adjacent to an activating group) is 1. The average molecular weight is 304 g/mol. The van der Waals surface area contributed by atoms with Gasteiger partial charge in [0.25, 0.3) is 0 Å². The lowest BCUT2D eigenvalue weighted by atomic mass is 9.93. The summed E-state index contributed by atoms with van der Waals surface area (Å²) < 4.78 is 0. The van der Waals surface area contributed by atoms with E-state index in [-0.39, 0.29) is 0 Å². The van der Waals surface area contributed by atoms with Crippen molar-refractivity contribution in [2.45, 2.75) is 6.04 Å². The Morgan fingerprint density at radius 3 is 2.96 bits per heavy atom. The van der Waals surface area contributed by atoms with E-state index in [1.807, 2.05) is 18.6 Å². The summed E-state index contributed by atoms with van der Waals surface area (Å²) in [5.74, 6) is 0.830. The van der Waals surface area contributed by atoms with Crippen LogP contribution in [-0.4, -0.2) is 47.6 Å². The van der Waals surface area contributed by atoms with Crippen LogP contribution >= 0.6 is 0 Å². The maximum Gasteiger partial charge on any atom is 0.0559 e. The summed E-state index contributed by atoms with van der Waals surface area (Å²) in [4.78, 5) is 12.8. The molecule has 116 valence electrons. The van der Waals surface area contributed by atoms with Crippen molar-refractivity contribution in [1.29, 1.82) is 0 Å². The van der Waals surface area contributed by atoms with E-state index >= 15 is 0 Å². The number of aromatic nitrogens is 2. The second-order valence-corrected chi connectivity index (χ2v) is 6.85. The van der Waals surface area contributed by atoms with Crippen molar-refractivity contribution in [3.8, 4) is 11.1 Å². The van der Waals surface area contributed by atoms with Gasteiger partial charge >= 0.3 is 0 Å². The summed E-state index contributed by atoms with van der Waals surface area (Å²) in [5, 5.41) is 1.26. The van der Waals surface area contributed by atoms with Crippen LogP contribution in [0.25, 0.3) is 22.0 Å². The van der Waals surface area contributed by atoms with E-state index in [1.54, 1.807) is 0 Å². The lowest BCUT2D eigenvalue weighted by Gasteiger charge is -2.40. The van der Waals surface area contributed by atoms with Gasteiger partial charge in [-0.25, -0.2) is 0 Å². The number of anilines is 1. The molecule has 5 rings (SSSR count). The molecule has 2 saturated heterocycles. The third kappa shape index (κ3) is 1.98. The topological polar surface area (TPSA) is 35.2 Å². The van der Waals surface area contributed by atoms with Crippen LogP contribution in [0.1, 0.15) is 0 Å². The Kier molecular flexibility index (Phi) is 2.76. The Balaban J connectivity index is 1.52. The molecule has 0 unspecified atom stereocenters. The van der Waals surface area contributed by atoms with Crippen LogP contribution in [-0.2, 0) is 0 Å². The van der Waals surface area contributed by atoms with Gasteiger partial charge in [0.1, 0.15) is 0 Å². The zero-order valence-corrected chi connectivity index (χ0v) is 13.2. The third-order valence-corrected chi connectivity index (χ3v) is 5.49. The number of pyridine rings is 1. The first-order chi connectivity index (χ1) is 11.3. The highest BCUT2D eigenvalue weighted by Gasteiger charge is 2.43. The molecule has 0 aliphatic carbocycles. The van der Waals surface area contributed by atoms with Gasteiger partial charge in [-0.3, -0.25) is 4.98 Å². The van der Waals surface area contributed by atoms with Gasteiger partial charge in [0, 0.05) is 60.5 Å². The number of likely N-dealkylation sites (tertiary alicyclic amines) is 1. The first-order valence-electron chi connectivity index (χ1n) is 8.26. The van der Waals surface area contributed by atoms with Crippen LogP contribution in [0, 0.1) is 5.92 Å². The number of H-pyrrole nitrogens is 1. The van der Waals surface area contributed by atoms with Crippen molar-refractivity contribution >= 4 is 16.6 Å². The zero-order valence-electron chi connectivity index (χ0n) is 13.2. The number of rotatable bonds is 2. The third-order valence-electron chi connectivity index (χ3n) is 5.49. The molecule has 2 atom stereocenters. The maximum atomic E-state index is 4.52. The summed E-state index contributed by atoms with van der Waals surface area (Å²) in [5.41, 5.74) is 4.87. The molecule has 4 heterocycles. The average Bonchev–Trinajstić information content (AvgIpc) is 3.18. The summed E-state index contributed by atoms with van der Waals surface area (Å²) >= 11 is 0. The molecule has 0 spiro atoms. The summed E-state index contributed by atoms with van der Waals surface area (Å²) in [6.45, 7) is 3.52. The largest absolute Gasteiger partial charge is 0.368 e. The Morgan fingerprint density at radius 2 is 2.09 bits per heavy atom. The lowest BCUT2D eigenvalue weighted by Crippen LogP contribution is -2.52. The van der Waals surface area contributed by atoms with Gasteiger partial charge in [-0.1, -0.05) is 12.1 Å². The number of fused-ring (bicyclic) bond motifs is 2. The van der Waals surface area contributed by atoms with Gasteiger partial charge in [-0.2, -0.15) is 0 Å². The van der Waals surface area contributed by atoms with Gasteiger partial charge in [0.15, 0.2) is 0 Å². The minimum absolute atomic E-state index is 0.728. The lowest BCUT2D eigenvalue weighted by molar-refractivity contribution is 0.0827. The fourth-order valence-electron chi connectivity index (χ4n) is 4.20. The molecule has 0 radical (unpaired) electrons. The van der Waals surface area contributed by atoms with Crippen molar-refractivity contribution in [1.82, 2.24) is 14.9 Å². The van der Waals surface area contributed by atoms with Crippen LogP contribution in [0.15, 0.2) is 48.9 Å². The summed E-state index contributed by atoms with van der Waals surface area (Å²) in [6.07, 6.45) is 5.98. The smallest absolute Gasteiger partial charge is 0.0559 e. The number of nitrogens with one attached hydrogen (secondary N) is 1. The summed E-state index contributed by atoms with van der Waals surface area (Å²) in [7, 11) is 2.23. The maximum absolute atomic E-state index is 4.52. The van der Waals surface area contributed by atoms with Crippen LogP contribution in [0.4, 0.5) is 5.69 Å². The van der Waals surface area contributed by atoms with E-state index in [2.05, 4.69) is 57.1 Å². The molecule has 2 aliphatic rings. The highest BCUT2D eigenvalue weighted by Crippen LogP contribution is 2.35. The van der Waals surface area contributed by atoms with E-state index < -0.39 is 0 Å². The molecule has 1 aromatic carbocycles. The molecule has 2 fully saturated rings. The summed E-state index contributed by atoms with van der Waals surface area (Å²) in [6, 6.07) is 11.6. The first kappa shape index (κ1) is 13.1. The fraction of sp³-hybridized carbons (Fsp3) is 0.316. The predicted molar refractivity (Wildman–Crippen MR) is 93.7 cm³/mol. The monoisotopic (exact) mass is 304 g/mol. The predicted octanol–water partition coefficient (Wildman–Crippen LogP) is 2.98. The van der Waals surface area contributed by atoms with E-state index in [1.165, 1.54) is 34.3 Å². The van der Waals surface area contributed by atoms with Crippen molar-refractivity contribution < 1.29 is 0 Å². The molecule has 3 aromatic rings. The Labute approximate surface area is 135 Å². The minimum Gasteiger partial charge on any atom is -0.368 e. The van der Waals surface area contributed by atoms with Crippen LogP contribution in [0.5, 0.6) is 0 Å². The van der Waals surface area contributed by atoms with Crippen molar-refractivity contribution in [2.24, 2.45) is 5.92 Å². The van der Waals surface area contributed by atoms with Gasteiger partial charge in [0.05, 0.1) is 11.9 Å². The van der Waals surface area contributed by atoms with Crippen LogP contribution in [0.3, 0.4) is 0 Å². The molecule has 2 aromatic heterocycles. The normalized spacial score (nSPS) is 24.0. The molecule has 0 amide bonds. The molecule has 4 nitrogen and oxygen atoms in total. The standard InChI is InChI=1S/C19H20N4/c1-22-10-14-11-23(12-19(14)22)15-7-13(8-20-9-15)16-3-2-4-18-17(16)5-6-21-18/h2-9,14,19,21H,10-12H2,1H3/t14-,19-/m0/s1. The van der Waals surface area contributed by atoms with Gasteiger partial charge in [0.2, 0.25) is 0 Å². The Bertz CT molecular complexity index is 868. The van der Waals surface area contributed by atoms with Crippen molar-refractivity contribution in [3.05, 3.63) is 48.9 Å². The van der Waals surface area contributed by atoms with Crippen molar-refractivity contribution in [3.63, 3.8) is 0 Å². The number of hydrogen-bond donors (Lipinski definition) is 1. The second kappa shape index (κ2) is 4.83. The molecule has 0 saturated carbocycles. The van der Waals surface area contributed by atoms with Crippen LogP contribution < -0.4 is 4.90 Å². The molecule has 4 heteroatoms.